The Labute approximate surface area is 162 Å². The quantitative estimate of drug-likeness (QED) is 0.817. The number of benzene rings is 2. The minimum atomic E-state index is -0.315. The molecule has 25 heavy (non-hydrogen) atoms. The molecule has 3 rings (SSSR count). The van der Waals surface area contributed by atoms with Gasteiger partial charge in [0.15, 0.2) is 0 Å². The second kappa shape index (κ2) is 7.83. The Kier molecular flexibility index (Phi) is 5.74. The van der Waals surface area contributed by atoms with Crippen LogP contribution in [0, 0.1) is 0 Å². The lowest BCUT2D eigenvalue weighted by Gasteiger charge is -2.35. The first kappa shape index (κ1) is 18.3. The predicted molar refractivity (Wildman–Crippen MR) is 106 cm³/mol. The predicted octanol–water partition coefficient (Wildman–Crippen LogP) is 4.65. The molecule has 0 aliphatic carbocycles. The molecule has 1 fully saturated rings. The van der Waals surface area contributed by atoms with Gasteiger partial charge in [0.05, 0.1) is 27.0 Å². The minimum absolute atomic E-state index is 0.315. The molecule has 0 unspecified atom stereocenters. The number of carbonyl (C=O) groups excluding carboxylic acids is 1. The minimum Gasteiger partial charge on any atom is -0.366 e. The molecule has 1 aliphatic rings. The van der Waals surface area contributed by atoms with Gasteiger partial charge >= 0.3 is 0 Å². The van der Waals surface area contributed by atoms with Crippen molar-refractivity contribution in [3.63, 3.8) is 0 Å². The summed E-state index contributed by atoms with van der Waals surface area (Å²) in [6.07, 6.45) is 0. The number of likely N-dealkylation sites (N-methyl/N-ethyl adjacent to an activating group) is 1. The second-order valence-electron chi connectivity index (χ2n) is 6.00. The first-order valence-electron chi connectivity index (χ1n) is 7.94. The molecule has 132 valence electrons. The maximum absolute atomic E-state index is 12.7. The van der Waals surface area contributed by atoms with Crippen molar-refractivity contribution in [2.45, 2.75) is 0 Å². The lowest BCUT2D eigenvalue weighted by atomic mass is 10.1. The second-order valence-corrected chi connectivity index (χ2v) is 7.26. The van der Waals surface area contributed by atoms with Crippen LogP contribution >= 0.6 is 34.8 Å². The Morgan fingerprint density at radius 1 is 1.00 bits per heavy atom. The fourth-order valence-corrected chi connectivity index (χ4v) is 3.50. The molecule has 0 aromatic heterocycles. The van der Waals surface area contributed by atoms with Crippen LogP contribution in [-0.2, 0) is 0 Å². The van der Waals surface area contributed by atoms with E-state index in [1.807, 2.05) is 18.2 Å². The zero-order chi connectivity index (χ0) is 18.0. The maximum Gasteiger partial charge on any atom is 0.257 e. The van der Waals surface area contributed by atoms with Crippen LogP contribution in [0.1, 0.15) is 10.4 Å². The lowest BCUT2D eigenvalue weighted by molar-refractivity contribution is 0.102. The first-order valence-corrected chi connectivity index (χ1v) is 9.07. The highest BCUT2D eigenvalue weighted by atomic mass is 35.5. The average molecular weight is 399 g/mol. The molecule has 1 amide bonds. The van der Waals surface area contributed by atoms with Crippen LogP contribution in [0.5, 0.6) is 0 Å². The molecule has 0 radical (unpaired) electrons. The van der Waals surface area contributed by atoms with Gasteiger partial charge in [0, 0.05) is 31.2 Å². The topological polar surface area (TPSA) is 35.6 Å². The van der Waals surface area contributed by atoms with Crippen molar-refractivity contribution in [1.82, 2.24) is 4.90 Å². The third kappa shape index (κ3) is 4.21. The van der Waals surface area contributed by atoms with Crippen molar-refractivity contribution in [3.05, 3.63) is 57.0 Å². The Morgan fingerprint density at radius 3 is 2.44 bits per heavy atom. The summed E-state index contributed by atoms with van der Waals surface area (Å²) in [5.74, 6) is -0.315. The van der Waals surface area contributed by atoms with Gasteiger partial charge < -0.3 is 15.1 Å². The highest BCUT2D eigenvalue weighted by Crippen LogP contribution is 2.35. The standard InChI is InChI=1S/C18H18Cl3N3O/c1-23-7-9-24(10-8-23)17-15(21)3-2-4-16(17)22-18(25)13-11-12(19)5-6-14(13)20/h2-6,11H,7-10H2,1H3,(H,22,25). The van der Waals surface area contributed by atoms with Gasteiger partial charge in [-0.1, -0.05) is 40.9 Å². The summed E-state index contributed by atoms with van der Waals surface area (Å²) >= 11 is 18.5. The van der Waals surface area contributed by atoms with Gasteiger partial charge in [-0.25, -0.2) is 0 Å². The number of nitrogens with zero attached hydrogens (tertiary/aromatic N) is 2. The zero-order valence-electron chi connectivity index (χ0n) is 13.7. The number of halogens is 3. The first-order chi connectivity index (χ1) is 12.0. The van der Waals surface area contributed by atoms with E-state index in [2.05, 4.69) is 22.2 Å². The van der Waals surface area contributed by atoms with Gasteiger partial charge in [-0.3, -0.25) is 4.79 Å². The molecule has 1 saturated heterocycles. The van der Waals surface area contributed by atoms with E-state index in [0.29, 0.717) is 26.3 Å². The van der Waals surface area contributed by atoms with E-state index in [1.165, 1.54) is 0 Å². The Balaban J connectivity index is 1.89. The van der Waals surface area contributed by atoms with Gasteiger partial charge in [-0.05, 0) is 37.4 Å². The highest BCUT2D eigenvalue weighted by Gasteiger charge is 2.21. The van der Waals surface area contributed by atoms with Gasteiger partial charge in [-0.15, -0.1) is 0 Å². The number of hydrogen-bond donors (Lipinski definition) is 1. The monoisotopic (exact) mass is 397 g/mol. The number of anilines is 2. The van der Waals surface area contributed by atoms with Gasteiger partial charge in [0.25, 0.3) is 5.91 Å². The van der Waals surface area contributed by atoms with Crippen LogP contribution in [-0.4, -0.2) is 44.0 Å². The largest absolute Gasteiger partial charge is 0.366 e. The van der Waals surface area contributed by atoms with Crippen LogP contribution in [0.3, 0.4) is 0 Å². The number of carbonyl (C=O) groups is 1. The van der Waals surface area contributed by atoms with E-state index in [1.54, 1.807) is 18.2 Å². The molecular formula is C18H18Cl3N3O. The lowest BCUT2D eigenvalue weighted by Crippen LogP contribution is -2.44. The third-order valence-electron chi connectivity index (χ3n) is 4.23. The summed E-state index contributed by atoms with van der Waals surface area (Å²) in [4.78, 5) is 17.1. The van der Waals surface area contributed by atoms with Crippen LogP contribution in [0.2, 0.25) is 15.1 Å². The molecular weight excluding hydrogens is 381 g/mol. The maximum atomic E-state index is 12.7. The van der Waals surface area contributed by atoms with Crippen LogP contribution < -0.4 is 10.2 Å². The highest BCUT2D eigenvalue weighted by molar-refractivity contribution is 6.37. The SMILES string of the molecule is CN1CCN(c2c(Cl)cccc2NC(=O)c2cc(Cl)ccc2Cl)CC1. The molecule has 2 aromatic carbocycles. The fourth-order valence-electron chi connectivity index (χ4n) is 2.83. The summed E-state index contributed by atoms with van der Waals surface area (Å²) in [5.41, 5.74) is 1.83. The third-order valence-corrected chi connectivity index (χ3v) is 5.10. The van der Waals surface area contributed by atoms with E-state index in [-0.39, 0.29) is 5.91 Å². The van der Waals surface area contributed by atoms with Crippen LogP contribution in [0.25, 0.3) is 0 Å². The molecule has 0 spiro atoms. The van der Waals surface area contributed by atoms with Crippen molar-refractivity contribution >= 4 is 52.1 Å². The van der Waals surface area contributed by atoms with E-state index in [0.717, 1.165) is 31.9 Å². The van der Waals surface area contributed by atoms with E-state index in [4.69, 9.17) is 34.8 Å². The summed E-state index contributed by atoms with van der Waals surface area (Å²) < 4.78 is 0. The molecule has 0 atom stereocenters. The summed E-state index contributed by atoms with van der Waals surface area (Å²) in [5, 5.41) is 4.34. The smallest absolute Gasteiger partial charge is 0.257 e. The molecule has 0 saturated carbocycles. The van der Waals surface area contributed by atoms with Crippen LogP contribution in [0.4, 0.5) is 11.4 Å². The van der Waals surface area contributed by atoms with Gasteiger partial charge in [-0.2, -0.15) is 0 Å². The van der Waals surface area contributed by atoms with Crippen molar-refractivity contribution in [2.75, 3.05) is 43.4 Å². The van der Waals surface area contributed by atoms with Crippen molar-refractivity contribution in [3.8, 4) is 0 Å². The molecule has 0 bridgehead atoms. The van der Waals surface area contributed by atoms with E-state index in [9.17, 15) is 4.79 Å². The average Bonchev–Trinajstić information content (AvgIpc) is 2.58. The van der Waals surface area contributed by atoms with Crippen LogP contribution in [0.15, 0.2) is 36.4 Å². The number of hydrogen-bond acceptors (Lipinski definition) is 3. The van der Waals surface area contributed by atoms with E-state index < -0.39 is 0 Å². The number of rotatable bonds is 3. The number of piperazine rings is 1. The Morgan fingerprint density at radius 2 is 1.72 bits per heavy atom. The summed E-state index contributed by atoms with van der Waals surface area (Å²) in [6.45, 7) is 3.58. The number of amides is 1. The summed E-state index contributed by atoms with van der Waals surface area (Å²) in [6, 6.07) is 10.3. The van der Waals surface area contributed by atoms with Gasteiger partial charge in [0.1, 0.15) is 0 Å². The number of nitrogens with one attached hydrogen (secondary N) is 1. The molecule has 1 N–H and O–H groups in total. The van der Waals surface area contributed by atoms with Gasteiger partial charge in [0.2, 0.25) is 0 Å². The molecule has 1 aliphatic heterocycles. The van der Waals surface area contributed by atoms with Crippen molar-refractivity contribution in [2.24, 2.45) is 0 Å². The molecule has 2 aromatic rings. The Hall–Kier alpha value is -1.46. The molecule has 7 heteroatoms. The Bertz CT molecular complexity index is 789. The number of para-hydroxylation sites is 1. The zero-order valence-corrected chi connectivity index (χ0v) is 16.0. The summed E-state index contributed by atoms with van der Waals surface area (Å²) in [7, 11) is 2.09. The van der Waals surface area contributed by atoms with E-state index >= 15 is 0 Å². The normalized spacial score (nSPS) is 15.3. The van der Waals surface area contributed by atoms with Crippen molar-refractivity contribution < 1.29 is 4.79 Å². The molecule has 1 heterocycles. The molecule has 4 nitrogen and oxygen atoms in total. The fraction of sp³-hybridized carbons (Fsp3) is 0.278. The van der Waals surface area contributed by atoms with Crippen molar-refractivity contribution in [1.29, 1.82) is 0 Å².